The molecule has 3 nitrogen and oxygen atoms in total. The second-order valence-electron chi connectivity index (χ2n) is 7.35. The van der Waals surface area contributed by atoms with E-state index < -0.39 is 0 Å². The number of nitrogens with zero attached hydrogens (tertiary/aromatic N) is 3. The van der Waals surface area contributed by atoms with Crippen LogP contribution in [-0.4, -0.2) is 61.2 Å². The number of para-hydroxylation sites is 1. The Balaban J connectivity index is 1.33. The van der Waals surface area contributed by atoms with Gasteiger partial charge in [0.1, 0.15) is 5.82 Å². The highest BCUT2D eigenvalue weighted by atomic mass is 19.1. The van der Waals surface area contributed by atoms with Crippen molar-refractivity contribution >= 4 is 5.69 Å². The van der Waals surface area contributed by atoms with Crippen LogP contribution in [-0.2, 0) is 0 Å². The van der Waals surface area contributed by atoms with E-state index >= 15 is 0 Å². The summed E-state index contributed by atoms with van der Waals surface area (Å²) in [6.07, 6.45) is 6.92. The number of hydrogen-bond donors (Lipinski definition) is 0. The van der Waals surface area contributed by atoms with Crippen molar-refractivity contribution in [1.29, 1.82) is 0 Å². The van der Waals surface area contributed by atoms with Crippen LogP contribution >= 0.6 is 0 Å². The molecule has 2 aliphatic heterocycles. The number of likely N-dealkylation sites (tertiary alicyclic amines) is 1. The predicted molar refractivity (Wildman–Crippen MR) is 92.4 cm³/mol. The van der Waals surface area contributed by atoms with Crippen molar-refractivity contribution in [2.45, 2.75) is 44.2 Å². The molecule has 4 rings (SSSR count). The third-order valence-corrected chi connectivity index (χ3v) is 6.04. The van der Waals surface area contributed by atoms with Crippen molar-refractivity contribution in [2.75, 3.05) is 44.2 Å². The Hall–Kier alpha value is -1.13. The van der Waals surface area contributed by atoms with Crippen molar-refractivity contribution in [3.8, 4) is 0 Å². The lowest BCUT2D eigenvalue weighted by Crippen LogP contribution is -2.57. The van der Waals surface area contributed by atoms with E-state index in [0.717, 1.165) is 37.9 Å². The fraction of sp³-hybridized carbons (Fsp3) is 0.684. The largest absolute Gasteiger partial charge is 0.367 e. The molecule has 1 saturated carbocycles. The fourth-order valence-electron chi connectivity index (χ4n) is 4.40. The summed E-state index contributed by atoms with van der Waals surface area (Å²) in [6, 6.07) is 8.77. The van der Waals surface area contributed by atoms with Crippen LogP contribution in [0.2, 0.25) is 0 Å². The number of anilines is 1. The van der Waals surface area contributed by atoms with Crippen LogP contribution in [0, 0.1) is 5.82 Å². The molecule has 23 heavy (non-hydrogen) atoms. The highest BCUT2D eigenvalue weighted by Gasteiger charge is 2.33. The van der Waals surface area contributed by atoms with Crippen molar-refractivity contribution in [3.63, 3.8) is 0 Å². The van der Waals surface area contributed by atoms with Gasteiger partial charge in [-0.05, 0) is 44.4 Å². The Labute approximate surface area is 139 Å². The molecule has 3 aliphatic rings. The molecule has 0 aromatic heterocycles. The molecule has 126 valence electrons. The smallest absolute Gasteiger partial charge is 0.146 e. The minimum atomic E-state index is -0.0882. The predicted octanol–water partition coefficient (Wildman–Crippen LogP) is 2.96. The number of halogens is 1. The maximum absolute atomic E-state index is 13.9. The summed E-state index contributed by atoms with van der Waals surface area (Å²) in [6.45, 7) is 6.58. The van der Waals surface area contributed by atoms with Gasteiger partial charge in [-0.1, -0.05) is 18.6 Å². The van der Waals surface area contributed by atoms with Gasteiger partial charge in [0.25, 0.3) is 0 Å². The van der Waals surface area contributed by atoms with E-state index in [1.54, 1.807) is 12.1 Å². The summed E-state index contributed by atoms with van der Waals surface area (Å²) in [5.41, 5.74) is 0.770. The number of rotatable bonds is 3. The Morgan fingerprint density at radius 3 is 2.22 bits per heavy atom. The van der Waals surface area contributed by atoms with Crippen LogP contribution < -0.4 is 4.90 Å². The highest BCUT2D eigenvalue weighted by Crippen LogP contribution is 2.29. The SMILES string of the molecule is Fc1ccccc1N1CCN(C2CCCN(C3CCC3)C2)CC1. The van der Waals surface area contributed by atoms with Crippen molar-refractivity contribution in [2.24, 2.45) is 0 Å². The van der Waals surface area contributed by atoms with E-state index in [1.807, 2.05) is 12.1 Å². The second kappa shape index (κ2) is 6.78. The number of piperazine rings is 1. The lowest BCUT2D eigenvalue weighted by molar-refractivity contribution is 0.0419. The van der Waals surface area contributed by atoms with E-state index in [-0.39, 0.29) is 5.82 Å². The Bertz CT molecular complexity index is 523. The molecular weight excluding hydrogens is 289 g/mol. The molecule has 1 aromatic carbocycles. The Morgan fingerprint density at radius 2 is 1.52 bits per heavy atom. The molecular formula is C19H28FN3. The maximum atomic E-state index is 13.9. The summed E-state index contributed by atoms with van der Waals surface area (Å²) >= 11 is 0. The molecule has 2 heterocycles. The monoisotopic (exact) mass is 317 g/mol. The van der Waals surface area contributed by atoms with Crippen molar-refractivity contribution in [3.05, 3.63) is 30.1 Å². The van der Waals surface area contributed by atoms with E-state index in [9.17, 15) is 4.39 Å². The zero-order valence-corrected chi connectivity index (χ0v) is 14.0. The summed E-state index contributed by atoms with van der Waals surface area (Å²) in [7, 11) is 0. The van der Waals surface area contributed by atoms with Gasteiger partial charge in [-0.25, -0.2) is 4.39 Å². The van der Waals surface area contributed by atoms with Crippen LogP contribution in [0.5, 0.6) is 0 Å². The minimum Gasteiger partial charge on any atom is -0.367 e. The van der Waals surface area contributed by atoms with Gasteiger partial charge in [-0.3, -0.25) is 9.80 Å². The molecule has 0 radical (unpaired) electrons. The molecule has 0 amide bonds. The topological polar surface area (TPSA) is 9.72 Å². The number of benzene rings is 1. The molecule has 1 aliphatic carbocycles. The molecule has 0 spiro atoms. The second-order valence-corrected chi connectivity index (χ2v) is 7.35. The fourth-order valence-corrected chi connectivity index (χ4v) is 4.40. The zero-order chi connectivity index (χ0) is 15.6. The molecule has 0 N–H and O–H groups in total. The molecule has 1 atom stereocenters. The van der Waals surface area contributed by atoms with Gasteiger partial charge < -0.3 is 4.90 Å². The van der Waals surface area contributed by atoms with Crippen molar-refractivity contribution in [1.82, 2.24) is 9.80 Å². The van der Waals surface area contributed by atoms with Crippen LogP contribution in [0.4, 0.5) is 10.1 Å². The zero-order valence-electron chi connectivity index (χ0n) is 14.0. The van der Waals surface area contributed by atoms with Gasteiger partial charge >= 0.3 is 0 Å². The Morgan fingerprint density at radius 1 is 0.783 bits per heavy atom. The first-order valence-electron chi connectivity index (χ1n) is 9.29. The lowest BCUT2D eigenvalue weighted by atomic mass is 9.89. The van der Waals surface area contributed by atoms with Crippen LogP contribution in [0.3, 0.4) is 0 Å². The first-order valence-corrected chi connectivity index (χ1v) is 9.29. The molecule has 0 bridgehead atoms. The van der Waals surface area contributed by atoms with E-state index in [2.05, 4.69) is 14.7 Å². The molecule has 1 unspecified atom stereocenters. The minimum absolute atomic E-state index is 0.0882. The van der Waals surface area contributed by atoms with Gasteiger partial charge in [0.05, 0.1) is 5.69 Å². The maximum Gasteiger partial charge on any atom is 0.146 e. The molecule has 1 aromatic rings. The number of hydrogen-bond acceptors (Lipinski definition) is 3. The van der Waals surface area contributed by atoms with E-state index in [0.29, 0.717) is 6.04 Å². The molecule has 4 heteroatoms. The summed E-state index contributed by atoms with van der Waals surface area (Å²) in [5, 5.41) is 0. The average molecular weight is 317 g/mol. The third kappa shape index (κ3) is 3.24. The van der Waals surface area contributed by atoms with Gasteiger partial charge in [0.2, 0.25) is 0 Å². The van der Waals surface area contributed by atoms with E-state index in [1.165, 1.54) is 45.2 Å². The third-order valence-electron chi connectivity index (χ3n) is 6.04. The van der Waals surface area contributed by atoms with Crippen molar-refractivity contribution < 1.29 is 4.39 Å². The Kier molecular flexibility index (Phi) is 4.54. The quantitative estimate of drug-likeness (QED) is 0.848. The first kappa shape index (κ1) is 15.4. The summed E-state index contributed by atoms with van der Waals surface area (Å²) < 4.78 is 13.9. The average Bonchev–Trinajstić information content (AvgIpc) is 2.54. The van der Waals surface area contributed by atoms with Gasteiger partial charge in [-0.2, -0.15) is 0 Å². The van der Waals surface area contributed by atoms with Crippen LogP contribution in [0.15, 0.2) is 24.3 Å². The normalized spacial score (nSPS) is 27.9. The van der Waals surface area contributed by atoms with Gasteiger partial charge in [-0.15, -0.1) is 0 Å². The van der Waals surface area contributed by atoms with E-state index in [4.69, 9.17) is 0 Å². The lowest BCUT2D eigenvalue weighted by Gasteiger charge is -2.47. The summed E-state index contributed by atoms with van der Waals surface area (Å²) in [4.78, 5) is 7.60. The van der Waals surface area contributed by atoms with Crippen LogP contribution in [0.1, 0.15) is 32.1 Å². The molecule has 3 fully saturated rings. The number of piperidine rings is 1. The molecule has 2 saturated heterocycles. The highest BCUT2D eigenvalue weighted by molar-refractivity contribution is 5.48. The van der Waals surface area contributed by atoms with Crippen LogP contribution in [0.25, 0.3) is 0 Å². The summed E-state index contributed by atoms with van der Waals surface area (Å²) in [5.74, 6) is -0.0882. The van der Waals surface area contributed by atoms with Gasteiger partial charge in [0, 0.05) is 44.8 Å². The van der Waals surface area contributed by atoms with Gasteiger partial charge in [0.15, 0.2) is 0 Å². The first-order chi connectivity index (χ1) is 11.3. The standard InChI is InChI=1S/C19H28FN3/c20-18-8-1-2-9-19(18)22-13-11-21(12-14-22)17-7-4-10-23(15-17)16-5-3-6-16/h1-2,8-9,16-17H,3-7,10-15H2.